The minimum absolute atomic E-state index is 0.0797. The standard InChI is InChI=1S/C18H28N2O3/c1-13(2)16-7-5-15(6-8-16)9-10-19-17(21)12-20(4)11-14(3)18(22)23/h5-8,13-14H,9-12H2,1-4H3,(H,19,21)(H,22,23). The summed E-state index contributed by atoms with van der Waals surface area (Å²) in [5, 5.41) is 11.7. The van der Waals surface area contributed by atoms with Crippen LogP contribution in [-0.4, -0.2) is 48.6 Å². The second kappa shape index (κ2) is 9.30. The molecule has 0 spiro atoms. The van der Waals surface area contributed by atoms with E-state index >= 15 is 0 Å². The van der Waals surface area contributed by atoms with Crippen LogP contribution in [0.15, 0.2) is 24.3 Å². The van der Waals surface area contributed by atoms with E-state index in [4.69, 9.17) is 5.11 Å². The number of hydrogen-bond acceptors (Lipinski definition) is 3. The van der Waals surface area contributed by atoms with E-state index in [2.05, 4.69) is 43.4 Å². The lowest BCUT2D eigenvalue weighted by Crippen LogP contribution is -2.38. The van der Waals surface area contributed by atoms with Gasteiger partial charge in [-0.1, -0.05) is 45.0 Å². The van der Waals surface area contributed by atoms with Gasteiger partial charge in [-0.25, -0.2) is 0 Å². The Bertz CT molecular complexity index is 512. The van der Waals surface area contributed by atoms with Crippen LogP contribution in [-0.2, 0) is 16.0 Å². The van der Waals surface area contributed by atoms with Crippen LogP contribution in [0.1, 0.15) is 37.8 Å². The first-order valence-electron chi connectivity index (χ1n) is 8.06. The van der Waals surface area contributed by atoms with Crippen LogP contribution in [0.2, 0.25) is 0 Å². The van der Waals surface area contributed by atoms with E-state index in [9.17, 15) is 9.59 Å². The van der Waals surface area contributed by atoms with Crippen LogP contribution in [0, 0.1) is 5.92 Å². The summed E-state index contributed by atoms with van der Waals surface area (Å²) in [6.45, 7) is 7.12. The van der Waals surface area contributed by atoms with Crippen molar-refractivity contribution in [1.29, 1.82) is 0 Å². The molecule has 1 aromatic carbocycles. The molecule has 0 fully saturated rings. The van der Waals surface area contributed by atoms with Crippen molar-refractivity contribution in [2.24, 2.45) is 5.92 Å². The fourth-order valence-corrected chi connectivity index (χ4v) is 2.33. The Morgan fingerprint density at radius 2 is 1.78 bits per heavy atom. The Morgan fingerprint density at radius 1 is 1.17 bits per heavy atom. The van der Waals surface area contributed by atoms with Crippen molar-refractivity contribution in [3.8, 4) is 0 Å². The van der Waals surface area contributed by atoms with Gasteiger partial charge in [0.25, 0.3) is 0 Å². The lowest BCUT2D eigenvalue weighted by Gasteiger charge is -2.18. The van der Waals surface area contributed by atoms with Gasteiger partial charge in [0.15, 0.2) is 0 Å². The van der Waals surface area contributed by atoms with Gasteiger partial charge in [0.2, 0.25) is 5.91 Å². The van der Waals surface area contributed by atoms with E-state index in [1.807, 2.05) is 0 Å². The maximum atomic E-state index is 11.8. The van der Waals surface area contributed by atoms with Crippen molar-refractivity contribution in [3.05, 3.63) is 35.4 Å². The van der Waals surface area contributed by atoms with Crippen LogP contribution in [0.4, 0.5) is 0 Å². The highest BCUT2D eigenvalue weighted by Gasteiger charge is 2.15. The number of nitrogens with zero attached hydrogens (tertiary/aromatic N) is 1. The van der Waals surface area contributed by atoms with Crippen molar-refractivity contribution in [2.75, 3.05) is 26.7 Å². The second-order valence-corrected chi connectivity index (χ2v) is 6.43. The molecular weight excluding hydrogens is 292 g/mol. The quantitative estimate of drug-likeness (QED) is 0.731. The number of likely N-dealkylation sites (N-methyl/N-ethyl adjacent to an activating group) is 1. The summed E-state index contributed by atoms with van der Waals surface area (Å²) in [6.07, 6.45) is 0.791. The number of carbonyl (C=O) groups excluding carboxylic acids is 1. The zero-order chi connectivity index (χ0) is 17.4. The summed E-state index contributed by atoms with van der Waals surface area (Å²) in [6, 6.07) is 8.45. The predicted octanol–water partition coefficient (Wildman–Crippen LogP) is 2.12. The summed E-state index contributed by atoms with van der Waals surface area (Å²) in [5.74, 6) is -0.884. The topological polar surface area (TPSA) is 69.6 Å². The molecule has 1 atom stereocenters. The number of carbonyl (C=O) groups is 2. The van der Waals surface area contributed by atoms with E-state index in [1.54, 1.807) is 18.9 Å². The average Bonchev–Trinajstić information content (AvgIpc) is 2.47. The molecule has 0 aliphatic carbocycles. The molecule has 1 amide bonds. The molecular formula is C18H28N2O3. The molecule has 0 saturated carbocycles. The molecule has 0 saturated heterocycles. The van der Waals surface area contributed by atoms with Crippen molar-refractivity contribution in [3.63, 3.8) is 0 Å². The SMILES string of the molecule is CC(CN(C)CC(=O)NCCc1ccc(C(C)C)cc1)C(=O)O. The molecule has 5 nitrogen and oxygen atoms in total. The van der Waals surface area contributed by atoms with Gasteiger partial charge in [0.05, 0.1) is 12.5 Å². The van der Waals surface area contributed by atoms with Crippen molar-refractivity contribution >= 4 is 11.9 Å². The van der Waals surface area contributed by atoms with E-state index in [1.165, 1.54) is 11.1 Å². The largest absolute Gasteiger partial charge is 0.481 e. The molecule has 1 aromatic rings. The fourth-order valence-electron chi connectivity index (χ4n) is 2.33. The molecule has 23 heavy (non-hydrogen) atoms. The van der Waals surface area contributed by atoms with Gasteiger partial charge in [0.1, 0.15) is 0 Å². The van der Waals surface area contributed by atoms with E-state index in [0.29, 0.717) is 19.0 Å². The Balaban J connectivity index is 2.29. The number of nitrogens with one attached hydrogen (secondary N) is 1. The molecule has 1 unspecified atom stereocenters. The summed E-state index contributed by atoms with van der Waals surface area (Å²) in [4.78, 5) is 24.4. The Morgan fingerprint density at radius 3 is 2.30 bits per heavy atom. The van der Waals surface area contributed by atoms with E-state index in [0.717, 1.165) is 6.42 Å². The monoisotopic (exact) mass is 320 g/mol. The zero-order valence-corrected chi connectivity index (χ0v) is 14.5. The average molecular weight is 320 g/mol. The number of hydrogen-bond donors (Lipinski definition) is 2. The zero-order valence-electron chi connectivity index (χ0n) is 14.5. The third-order valence-electron chi connectivity index (χ3n) is 3.80. The maximum Gasteiger partial charge on any atom is 0.307 e. The first-order chi connectivity index (χ1) is 10.8. The number of rotatable bonds is 9. The summed E-state index contributed by atoms with van der Waals surface area (Å²) >= 11 is 0. The Hall–Kier alpha value is -1.88. The molecule has 2 N–H and O–H groups in total. The van der Waals surface area contributed by atoms with Crippen LogP contribution < -0.4 is 5.32 Å². The molecule has 1 rings (SSSR count). The lowest BCUT2D eigenvalue weighted by molar-refractivity contribution is -0.142. The van der Waals surface area contributed by atoms with Crippen molar-refractivity contribution in [2.45, 2.75) is 33.1 Å². The minimum atomic E-state index is -0.845. The molecule has 0 aromatic heterocycles. The van der Waals surface area contributed by atoms with Gasteiger partial charge in [0, 0.05) is 13.1 Å². The summed E-state index contributed by atoms with van der Waals surface area (Å²) in [5.41, 5.74) is 2.51. The smallest absolute Gasteiger partial charge is 0.307 e. The number of aliphatic carboxylic acids is 1. The minimum Gasteiger partial charge on any atom is -0.481 e. The predicted molar refractivity (Wildman–Crippen MR) is 91.5 cm³/mol. The van der Waals surface area contributed by atoms with Crippen LogP contribution >= 0.6 is 0 Å². The fraction of sp³-hybridized carbons (Fsp3) is 0.556. The molecule has 0 heterocycles. The molecule has 0 aliphatic rings. The molecule has 0 radical (unpaired) electrons. The van der Waals surface area contributed by atoms with Crippen LogP contribution in [0.25, 0.3) is 0 Å². The third-order valence-corrected chi connectivity index (χ3v) is 3.80. The van der Waals surface area contributed by atoms with Gasteiger partial charge in [-0.05, 0) is 30.5 Å². The van der Waals surface area contributed by atoms with Crippen LogP contribution in [0.3, 0.4) is 0 Å². The number of amides is 1. The molecule has 0 aliphatic heterocycles. The van der Waals surface area contributed by atoms with Crippen molar-refractivity contribution < 1.29 is 14.7 Å². The molecule has 5 heteroatoms. The first-order valence-corrected chi connectivity index (χ1v) is 8.06. The second-order valence-electron chi connectivity index (χ2n) is 6.43. The Labute approximate surface area is 138 Å². The highest BCUT2D eigenvalue weighted by Crippen LogP contribution is 2.14. The third kappa shape index (κ3) is 7.28. The van der Waals surface area contributed by atoms with Crippen molar-refractivity contribution in [1.82, 2.24) is 10.2 Å². The number of benzene rings is 1. The van der Waals surface area contributed by atoms with Gasteiger partial charge in [-0.2, -0.15) is 0 Å². The highest BCUT2D eigenvalue weighted by molar-refractivity contribution is 5.78. The van der Waals surface area contributed by atoms with Gasteiger partial charge < -0.3 is 10.4 Å². The van der Waals surface area contributed by atoms with Gasteiger partial charge >= 0.3 is 5.97 Å². The highest BCUT2D eigenvalue weighted by atomic mass is 16.4. The van der Waals surface area contributed by atoms with Gasteiger partial charge in [-0.15, -0.1) is 0 Å². The van der Waals surface area contributed by atoms with E-state index in [-0.39, 0.29) is 12.5 Å². The maximum absolute atomic E-state index is 11.8. The number of carboxylic acids is 1. The summed E-state index contributed by atoms with van der Waals surface area (Å²) in [7, 11) is 1.75. The normalized spacial score (nSPS) is 12.4. The molecule has 0 bridgehead atoms. The van der Waals surface area contributed by atoms with E-state index < -0.39 is 11.9 Å². The van der Waals surface area contributed by atoms with Crippen LogP contribution in [0.5, 0.6) is 0 Å². The lowest BCUT2D eigenvalue weighted by atomic mass is 10.0. The molecule has 128 valence electrons. The summed E-state index contributed by atoms with van der Waals surface area (Å²) < 4.78 is 0. The Kier molecular flexibility index (Phi) is 7.75. The van der Waals surface area contributed by atoms with Gasteiger partial charge in [-0.3, -0.25) is 14.5 Å². The number of carboxylic acid groups (broad SMARTS) is 1. The first kappa shape index (κ1) is 19.2.